The molecule has 0 saturated heterocycles. The normalized spacial score (nSPS) is 17.5. The molecule has 300 valence electrons. The highest BCUT2D eigenvalue weighted by Gasteiger charge is 2.68. The van der Waals surface area contributed by atoms with E-state index in [0.29, 0.717) is 53.6 Å². The Labute approximate surface area is 325 Å². The Bertz CT molecular complexity index is 1960. The molecule has 3 unspecified atom stereocenters. The van der Waals surface area contributed by atoms with E-state index in [2.05, 4.69) is 4.99 Å². The topological polar surface area (TPSA) is 168 Å². The standard InChI is InChI=1S/C39H42F4N4O8S/c1-4-27-22-47(38(55,36(53)54)33(49)35(51)52,37(44-34(27)50)56-24-26-9-17-31(40)18-10-26)23-32(48)46(20-19-45(5-2)6-3)21-25-7-11-28(12-8-25)29-13-15-30(16-14-29)39(41,42)43/h7-18,22,33,49,55H,4-6,19-21,23-24H2,1-3H3,(H-,51,52,53,54)/p+1. The van der Waals surface area contributed by atoms with Crippen molar-refractivity contribution in [2.75, 3.05) is 32.7 Å². The molecule has 4 rings (SSSR count). The third-order valence-electron chi connectivity index (χ3n) is 9.58. The van der Waals surface area contributed by atoms with E-state index in [4.69, 9.17) is 0 Å². The van der Waals surface area contributed by atoms with Gasteiger partial charge in [0.15, 0.2) is 6.54 Å². The van der Waals surface area contributed by atoms with Crippen molar-refractivity contribution in [3.8, 4) is 11.1 Å². The third kappa shape index (κ3) is 9.70. The van der Waals surface area contributed by atoms with Crippen LogP contribution >= 0.6 is 11.8 Å². The van der Waals surface area contributed by atoms with Gasteiger partial charge in [-0.25, -0.2) is 14.0 Å². The van der Waals surface area contributed by atoms with Gasteiger partial charge in [0.25, 0.3) is 17.0 Å². The summed E-state index contributed by atoms with van der Waals surface area (Å²) in [5, 5.41) is 42.9. The van der Waals surface area contributed by atoms with E-state index in [1.165, 1.54) is 36.1 Å². The minimum Gasteiger partial charge on any atom is -0.479 e. The number of carbonyl (C=O) groups is 4. The molecular weight excluding hydrogens is 761 g/mol. The van der Waals surface area contributed by atoms with Crippen molar-refractivity contribution in [1.82, 2.24) is 9.80 Å². The number of nitrogens with zero attached hydrogens (tertiary/aromatic N) is 4. The molecule has 0 bridgehead atoms. The van der Waals surface area contributed by atoms with Crippen molar-refractivity contribution in [1.29, 1.82) is 0 Å². The van der Waals surface area contributed by atoms with Crippen LogP contribution in [0.15, 0.2) is 89.6 Å². The number of amides is 2. The van der Waals surface area contributed by atoms with E-state index in [-0.39, 0.29) is 30.8 Å². The van der Waals surface area contributed by atoms with E-state index in [0.717, 1.165) is 30.5 Å². The summed E-state index contributed by atoms with van der Waals surface area (Å²) in [4.78, 5) is 60.6. The number of carbonyl (C=O) groups excluding carboxylic acids is 2. The van der Waals surface area contributed by atoms with Gasteiger partial charge in [-0.05, 0) is 77.8 Å². The summed E-state index contributed by atoms with van der Waals surface area (Å²) in [5.74, 6) is -6.62. The first-order chi connectivity index (χ1) is 26.4. The molecule has 3 aromatic carbocycles. The summed E-state index contributed by atoms with van der Waals surface area (Å²) < 4.78 is 51.4. The van der Waals surface area contributed by atoms with Gasteiger partial charge in [0.2, 0.25) is 6.10 Å². The van der Waals surface area contributed by atoms with Gasteiger partial charge < -0.3 is 30.2 Å². The van der Waals surface area contributed by atoms with Crippen molar-refractivity contribution < 1.29 is 61.6 Å². The fraction of sp³-hybridized carbons (Fsp3) is 0.359. The Morgan fingerprint density at radius 3 is 1.91 bits per heavy atom. The maximum absolute atomic E-state index is 14.7. The zero-order chi connectivity index (χ0) is 41.4. The van der Waals surface area contributed by atoms with Crippen LogP contribution in [0.4, 0.5) is 17.6 Å². The number of aliphatic carboxylic acids is 2. The van der Waals surface area contributed by atoms with E-state index in [1.807, 2.05) is 18.7 Å². The molecule has 0 spiro atoms. The molecule has 0 aromatic heterocycles. The van der Waals surface area contributed by atoms with Crippen molar-refractivity contribution >= 4 is 40.7 Å². The maximum Gasteiger partial charge on any atom is 0.416 e. The Kier molecular flexibility index (Phi) is 14.3. The number of carboxylic acids is 2. The Morgan fingerprint density at radius 1 is 0.857 bits per heavy atom. The number of aliphatic hydroxyl groups is 2. The molecule has 17 heteroatoms. The quantitative estimate of drug-likeness (QED) is 0.103. The van der Waals surface area contributed by atoms with Crippen LogP contribution in [0.2, 0.25) is 0 Å². The highest BCUT2D eigenvalue weighted by molar-refractivity contribution is 8.12. The summed E-state index contributed by atoms with van der Waals surface area (Å²) in [7, 11) is 0. The van der Waals surface area contributed by atoms with Crippen LogP contribution in [0.25, 0.3) is 11.1 Å². The van der Waals surface area contributed by atoms with Gasteiger partial charge in [0.1, 0.15) is 12.0 Å². The molecule has 12 nitrogen and oxygen atoms in total. The minimum atomic E-state index is -4.50. The molecule has 0 aliphatic carbocycles. The number of carboxylic acid groups (broad SMARTS) is 2. The van der Waals surface area contributed by atoms with Crippen molar-refractivity contribution in [2.24, 2.45) is 4.99 Å². The lowest BCUT2D eigenvalue weighted by atomic mass is 9.99. The highest BCUT2D eigenvalue weighted by Crippen LogP contribution is 2.39. The van der Waals surface area contributed by atoms with Gasteiger partial charge in [-0.15, -0.1) is 4.99 Å². The molecule has 0 fully saturated rings. The Morgan fingerprint density at radius 2 is 1.41 bits per heavy atom. The SMILES string of the molecule is CCC1=C[N+](CC(=O)N(CCN(CC)CC)Cc2ccc(-c3ccc(C(F)(F)F)cc3)cc2)(C(O)(C(=O)O)C(O)C(=O)O)C(SCc2ccc(F)cc2)=NC1=O. The zero-order valence-electron chi connectivity index (χ0n) is 30.9. The third-order valence-corrected chi connectivity index (χ3v) is 10.7. The second-order valence-electron chi connectivity index (χ2n) is 13.0. The Balaban J connectivity index is 1.80. The number of quaternary nitrogens is 1. The fourth-order valence-electron chi connectivity index (χ4n) is 6.18. The lowest BCUT2D eigenvalue weighted by Crippen LogP contribution is -2.76. The molecule has 1 aliphatic rings. The summed E-state index contributed by atoms with van der Waals surface area (Å²) in [6.07, 6.45) is -6.64. The van der Waals surface area contributed by atoms with Gasteiger partial charge in [0.05, 0.1) is 11.1 Å². The molecule has 1 heterocycles. The summed E-state index contributed by atoms with van der Waals surface area (Å²) in [5.41, 5.74) is -2.51. The van der Waals surface area contributed by atoms with Gasteiger partial charge >= 0.3 is 23.8 Å². The Hall–Kier alpha value is -4.94. The van der Waals surface area contributed by atoms with Gasteiger partial charge in [-0.1, -0.05) is 69.3 Å². The summed E-state index contributed by atoms with van der Waals surface area (Å²) in [6.45, 7) is 5.91. The number of alkyl halides is 3. The average molecular weight is 804 g/mol. The number of aliphatic imine (C=N–C) groups is 1. The molecule has 0 radical (unpaired) electrons. The lowest BCUT2D eigenvalue weighted by molar-refractivity contribution is -0.860. The molecule has 4 N–H and O–H groups in total. The van der Waals surface area contributed by atoms with Crippen molar-refractivity contribution in [3.63, 3.8) is 0 Å². The van der Waals surface area contributed by atoms with Crippen LogP contribution in [0.3, 0.4) is 0 Å². The van der Waals surface area contributed by atoms with Crippen molar-refractivity contribution in [2.45, 2.75) is 57.5 Å². The molecule has 1 aliphatic heterocycles. The molecule has 56 heavy (non-hydrogen) atoms. The summed E-state index contributed by atoms with van der Waals surface area (Å²) >= 11 is 0.703. The number of thioether (sulfide) groups is 1. The first-order valence-electron chi connectivity index (χ1n) is 17.6. The second-order valence-corrected chi connectivity index (χ2v) is 14.0. The highest BCUT2D eigenvalue weighted by atomic mass is 32.2. The van der Waals surface area contributed by atoms with Crippen LogP contribution < -0.4 is 0 Å². The number of rotatable bonds is 17. The number of benzene rings is 3. The predicted octanol–water partition coefficient (Wildman–Crippen LogP) is 5.34. The smallest absolute Gasteiger partial charge is 0.416 e. The maximum atomic E-state index is 14.7. The number of hydrogen-bond acceptors (Lipinski definition) is 8. The first kappa shape index (κ1) is 43.8. The molecule has 0 saturated carbocycles. The van der Waals surface area contributed by atoms with E-state index in [1.54, 1.807) is 24.3 Å². The van der Waals surface area contributed by atoms with Crippen molar-refractivity contribution in [3.05, 3.63) is 107 Å². The first-order valence-corrected chi connectivity index (χ1v) is 18.6. The average Bonchev–Trinajstić information content (AvgIpc) is 3.17. The molecule has 3 aromatic rings. The predicted molar refractivity (Wildman–Crippen MR) is 200 cm³/mol. The molecular formula is C39H43F4N4O8S+. The fourth-order valence-corrected chi connectivity index (χ4v) is 7.30. The van der Waals surface area contributed by atoms with Crippen LogP contribution in [-0.2, 0) is 37.7 Å². The molecule has 2 amide bonds. The van der Waals surface area contributed by atoms with Crippen LogP contribution in [-0.4, -0.2) is 108 Å². The second kappa shape index (κ2) is 18.3. The lowest BCUT2D eigenvalue weighted by Gasteiger charge is -2.46. The monoisotopic (exact) mass is 803 g/mol. The van der Waals surface area contributed by atoms with Crippen LogP contribution in [0.5, 0.6) is 0 Å². The number of hydrogen-bond donors (Lipinski definition) is 4. The minimum absolute atomic E-state index is 0.0621. The number of aliphatic hydroxyl groups excluding tert-OH is 1. The van der Waals surface area contributed by atoms with Crippen LogP contribution in [0, 0.1) is 5.82 Å². The van der Waals surface area contributed by atoms with E-state index >= 15 is 0 Å². The number of amidine groups is 1. The number of halogens is 4. The van der Waals surface area contributed by atoms with Gasteiger partial charge in [0, 0.05) is 25.4 Å². The molecule has 3 atom stereocenters. The largest absolute Gasteiger partial charge is 0.479 e. The van der Waals surface area contributed by atoms with Gasteiger partial charge in [-0.2, -0.15) is 17.7 Å². The zero-order valence-corrected chi connectivity index (χ0v) is 31.7. The van der Waals surface area contributed by atoms with Gasteiger partial charge in [-0.3, -0.25) is 9.59 Å². The van der Waals surface area contributed by atoms with Crippen LogP contribution in [0.1, 0.15) is 43.9 Å². The summed E-state index contributed by atoms with van der Waals surface area (Å²) in [6, 6.07) is 16.4. The number of likely N-dealkylation sites (N-methyl/N-ethyl adjacent to an activating group) is 1. The van der Waals surface area contributed by atoms with E-state index < -0.39 is 69.3 Å². The van der Waals surface area contributed by atoms with E-state index in [9.17, 15) is 57.2 Å².